The van der Waals surface area contributed by atoms with Crippen molar-refractivity contribution in [2.24, 2.45) is 0 Å². The SMILES string of the molecule is Cc1cc(C(=O)O)c(NC(=O)c2ccc([N+](=O)[O-])s2)s1. The summed E-state index contributed by atoms with van der Waals surface area (Å²) in [6.45, 7) is 1.72. The molecule has 0 atom stereocenters. The summed E-state index contributed by atoms with van der Waals surface area (Å²) in [5.74, 6) is -1.70. The van der Waals surface area contributed by atoms with Crippen molar-refractivity contribution in [2.45, 2.75) is 6.92 Å². The molecule has 0 saturated carbocycles. The molecule has 9 heteroatoms. The molecule has 1 amide bonds. The second kappa shape index (κ2) is 5.39. The van der Waals surface area contributed by atoms with E-state index in [2.05, 4.69) is 5.32 Å². The van der Waals surface area contributed by atoms with Gasteiger partial charge in [0, 0.05) is 10.9 Å². The van der Waals surface area contributed by atoms with Crippen molar-refractivity contribution in [1.82, 2.24) is 0 Å². The van der Waals surface area contributed by atoms with Crippen LogP contribution in [0.2, 0.25) is 0 Å². The normalized spacial score (nSPS) is 10.2. The number of nitrogens with one attached hydrogen (secondary N) is 1. The molecular formula is C11H8N2O5S2. The lowest BCUT2D eigenvalue weighted by Crippen LogP contribution is -2.11. The number of carboxylic acids is 1. The number of carboxylic acid groups (broad SMARTS) is 1. The number of thiophene rings is 2. The topological polar surface area (TPSA) is 110 Å². The van der Waals surface area contributed by atoms with E-state index in [-0.39, 0.29) is 20.4 Å². The minimum Gasteiger partial charge on any atom is -0.478 e. The molecule has 0 aliphatic heterocycles. The number of hydrogen-bond acceptors (Lipinski definition) is 6. The third kappa shape index (κ3) is 2.83. The molecule has 0 aliphatic rings. The van der Waals surface area contributed by atoms with Crippen LogP contribution in [-0.4, -0.2) is 21.9 Å². The standard InChI is InChI=1S/C11H8N2O5S2/c1-5-4-6(11(15)16)10(19-5)12-9(14)7-2-3-8(20-7)13(17)18/h2-4H,1H3,(H,12,14)(H,15,16). The van der Waals surface area contributed by atoms with E-state index in [0.29, 0.717) is 0 Å². The van der Waals surface area contributed by atoms with Gasteiger partial charge in [0.15, 0.2) is 0 Å². The van der Waals surface area contributed by atoms with E-state index >= 15 is 0 Å². The van der Waals surface area contributed by atoms with Crippen LogP contribution >= 0.6 is 22.7 Å². The van der Waals surface area contributed by atoms with Crippen LogP contribution in [0.25, 0.3) is 0 Å². The Kier molecular flexibility index (Phi) is 3.81. The van der Waals surface area contributed by atoms with Gasteiger partial charge in [-0.3, -0.25) is 14.9 Å². The first kappa shape index (κ1) is 14.2. The molecule has 104 valence electrons. The summed E-state index contributed by atoms with van der Waals surface area (Å²) in [7, 11) is 0. The van der Waals surface area contributed by atoms with Crippen LogP contribution in [0.3, 0.4) is 0 Å². The van der Waals surface area contributed by atoms with Crippen molar-refractivity contribution < 1.29 is 19.6 Å². The van der Waals surface area contributed by atoms with Crippen molar-refractivity contribution in [3.63, 3.8) is 0 Å². The fourth-order valence-corrected chi connectivity index (χ4v) is 3.09. The van der Waals surface area contributed by atoms with Crippen LogP contribution in [0.15, 0.2) is 18.2 Å². The van der Waals surface area contributed by atoms with Crippen molar-refractivity contribution in [3.8, 4) is 0 Å². The molecule has 0 unspecified atom stereocenters. The zero-order valence-electron chi connectivity index (χ0n) is 10.1. The highest BCUT2D eigenvalue weighted by molar-refractivity contribution is 7.18. The lowest BCUT2D eigenvalue weighted by atomic mass is 10.3. The molecule has 0 bridgehead atoms. The van der Waals surface area contributed by atoms with Gasteiger partial charge in [-0.1, -0.05) is 11.3 Å². The summed E-state index contributed by atoms with van der Waals surface area (Å²) in [6.07, 6.45) is 0. The first-order valence-corrected chi connectivity index (χ1v) is 6.91. The lowest BCUT2D eigenvalue weighted by molar-refractivity contribution is -0.380. The number of amides is 1. The molecule has 2 N–H and O–H groups in total. The van der Waals surface area contributed by atoms with Gasteiger partial charge in [-0.2, -0.15) is 0 Å². The number of anilines is 1. The molecule has 0 saturated heterocycles. The van der Waals surface area contributed by atoms with Crippen molar-refractivity contribution >= 4 is 44.6 Å². The Labute approximate surface area is 120 Å². The maximum Gasteiger partial charge on any atom is 0.338 e. The first-order chi connectivity index (χ1) is 9.38. The van der Waals surface area contributed by atoms with E-state index in [4.69, 9.17) is 5.11 Å². The van der Waals surface area contributed by atoms with Gasteiger partial charge in [-0.25, -0.2) is 4.79 Å². The second-order valence-electron chi connectivity index (χ2n) is 3.75. The van der Waals surface area contributed by atoms with E-state index in [1.54, 1.807) is 6.92 Å². The van der Waals surface area contributed by atoms with Crippen LogP contribution in [0, 0.1) is 17.0 Å². The highest BCUT2D eigenvalue weighted by Crippen LogP contribution is 2.30. The molecule has 0 radical (unpaired) electrons. The van der Waals surface area contributed by atoms with Crippen LogP contribution in [0.5, 0.6) is 0 Å². The van der Waals surface area contributed by atoms with Crippen molar-refractivity contribution in [1.29, 1.82) is 0 Å². The van der Waals surface area contributed by atoms with Crippen LogP contribution < -0.4 is 5.32 Å². The van der Waals surface area contributed by atoms with Gasteiger partial charge in [0.2, 0.25) is 0 Å². The molecule has 0 aromatic carbocycles. The molecule has 2 rings (SSSR count). The third-order valence-electron chi connectivity index (χ3n) is 2.31. The molecule has 0 aliphatic carbocycles. The van der Waals surface area contributed by atoms with Crippen LogP contribution in [0.1, 0.15) is 24.9 Å². The molecule has 0 fully saturated rings. The Morgan fingerprint density at radius 2 is 2.05 bits per heavy atom. The Bertz CT molecular complexity index is 703. The van der Waals surface area contributed by atoms with Gasteiger partial charge >= 0.3 is 11.0 Å². The summed E-state index contributed by atoms with van der Waals surface area (Å²) in [5.41, 5.74) is 0.00639. The zero-order valence-corrected chi connectivity index (χ0v) is 11.7. The summed E-state index contributed by atoms with van der Waals surface area (Å²) in [4.78, 5) is 33.8. The first-order valence-electron chi connectivity index (χ1n) is 5.28. The number of carbonyl (C=O) groups excluding carboxylic acids is 1. The monoisotopic (exact) mass is 312 g/mol. The quantitative estimate of drug-likeness (QED) is 0.666. The summed E-state index contributed by atoms with van der Waals surface area (Å²) < 4.78 is 0. The lowest BCUT2D eigenvalue weighted by Gasteiger charge is -2.01. The molecule has 0 spiro atoms. The molecular weight excluding hydrogens is 304 g/mol. The van der Waals surface area contributed by atoms with E-state index in [1.165, 1.54) is 18.2 Å². The number of rotatable bonds is 4. The van der Waals surface area contributed by atoms with E-state index < -0.39 is 16.8 Å². The number of nitrogens with zero attached hydrogens (tertiary/aromatic N) is 1. The van der Waals surface area contributed by atoms with Gasteiger partial charge in [0.25, 0.3) is 5.91 Å². The third-order valence-corrected chi connectivity index (χ3v) is 4.31. The van der Waals surface area contributed by atoms with E-state index in [1.807, 2.05) is 0 Å². The van der Waals surface area contributed by atoms with Gasteiger partial charge in [-0.15, -0.1) is 11.3 Å². The summed E-state index contributed by atoms with van der Waals surface area (Å²) in [6, 6.07) is 4.02. The zero-order chi connectivity index (χ0) is 14.9. The number of aryl methyl sites for hydroxylation is 1. The molecule has 2 heterocycles. The van der Waals surface area contributed by atoms with E-state index in [9.17, 15) is 19.7 Å². The Hall–Kier alpha value is -2.26. The molecule has 2 aromatic rings. The van der Waals surface area contributed by atoms with Crippen LogP contribution in [0.4, 0.5) is 10.0 Å². The fourth-order valence-electron chi connectivity index (χ4n) is 1.48. The maximum absolute atomic E-state index is 11.9. The van der Waals surface area contributed by atoms with Gasteiger partial charge in [0.1, 0.15) is 5.00 Å². The van der Waals surface area contributed by atoms with E-state index in [0.717, 1.165) is 27.6 Å². The highest BCUT2D eigenvalue weighted by Gasteiger charge is 2.19. The largest absolute Gasteiger partial charge is 0.478 e. The predicted molar refractivity (Wildman–Crippen MR) is 74.9 cm³/mol. The summed E-state index contributed by atoms with van der Waals surface area (Å²) in [5, 5.41) is 22.1. The molecule has 2 aromatic heterocycles. The smallest absolute Gasteiger partial charge is 0.338 e. The minimum absolute atomic E-state index is 0.00639. The predicted octanol–water partition coefficient (Wildman–Crippen LogP) is 2.98. The maximum atomic E-state index is 11.9. The van der Waals surface area contributed by atoms with Crippen LogP contribution in [-0.2, 0) is 0 Å². The fraction of sp³-hybridized carbons (Fsp3) is 0.0909. The average molecular weight is 312 g/mol. The molecule has 7 nitrogen and oxygen atoms in total. The highest BCUT2D eigenvalue weighted by atomic mass is 32.1. The molecule has 20 heavy (non-hydrogen) atoms. The average Bonchev–Trinajstić information content (AvgIpc) is 2.95. The van der Waals surface area contributed by atoms with Crippen molar-refractivity contribution in [3.05, 3.63) is 43.6 Å². The van der Waals surface area contributed by atoms with Gasteiger partial charge in [-0.05, 0) is 19.1 Å². The van der Waals surface area contributed by atoms with Gasteiger partial charge in [0.05, 0.1) is 15.4 Å². The van der Waals surface area contributed by atoms with Crippen molar-refractivity contribution in [2.75, 3.05) is 5.32 Å². The number of nitro groups is 1. The Morgan fingerprint density at radius 3 is 2.60 bits per heavy atom. The second-order valence-corrected chi connectivity index (χ2v) is 6.07. The Morgan fingerprint density at radius 1 is 1.35 bits per heavy atom. The number of hydrogen-bond donors (Lipinski definition) is 2. The van der Waals surface area contributed by atoms with Gasteiger partial charge < -0.3 is 10.4 Å². The Balaban J connectivity index is 2.23. The number of aromatic carboxylic acids is 1. The summed E-state index contributed by atoms with van der Waals surface area (Å²) >= 11 is 1.87. The number of carbonyl (C=O) groups is 2. The minimum atomic E-state index is -1.14.